The lowest BCUT2D eigenvalue weighted by Gasteiger charge is -2.15. The maximum atomic E-state index is 5.71. The van der Waals surface area contributed by atoms with E-state index >= 15 is 0 Å². The Morgan fingerprint density at radius 2 is 2.06 bits per heavy atom. The van der Waals surface area contributed by atoms with E-state index in [1.165, 1.54) is 15.3 Å². The molecule has 2 heterocycles. The van der Waals surface area contributed by atoms with Crippen LogP contribution in [0.5, 0.6) is 0 Å². The Hall–Kier alpha value is -1.17. The van der Waals surface area contributed by atoms with E-state index in [-0.39, 0.29) is 6.04 Å². The second-order valence-corrected chi connectivity index (χ2v) is 5.58. The minimum atomic E-state index is 0.0300. The Morgan fingerprint density at radius 3 is 2.47 bits per heavy atom. The number of thiophene rings is 1. The lowest BCUT2D eigenvalue weighted by atomic mass is 10.0. The molecule has 92 valence electrons. The van der Waals surface area contributed by atoms with Crippen LogP contribution in [0.15, 0.2) is 12.1 Å². The van der Waals surface area contributed by atoms with E-state index in [0.717, 1.165) is 11.4 Å². The molecule has 17 heavy (non-hydrogen) atoms. The molecule has 0 aliphatic carbocycles. The van der Waals surface area contributed by atoms with E-state index < -0.39 is 0 Å². The molecule has 2 aromatic rings. The summed E-state index contributed by atoms with van der Waals surface area (Å²) in [6.45, 7) is 6.19. The summed E-state index contributed by atoms with van der Waals surface area (Å²) in [5.41, 5.74) is 6.25. The molecule has 5 heteroatoms. The second-order valence-electron chi connectivity index (χ2n) is 4.26. The van der Waals surface area contributed by atoms with E-state index in [4.69, 9.17) is 5.84 Å². The number of nitrogens with two attached hydrogens (primary N) is 1. The topological polar surface area (TPSA) is 55.9 Å². The zero-order chi connectivity index (χ0) is 12.6. The molecule has 1 unspecified atom stereocenters. The highest BCUT2D eigenvalue weighted by molar-refractivity contribution is 7.12. The second kappa shape index (κ2) is 4.60. The van der Waals surface area contributed by atoms with Crippen molar-refractivity contribution in [3.63, 3.8) is 0 Å². The quantitative estimate of drug-likeness (QED) is 0.647. The zero-order valence-electron chi connectivity index (χ0n) is 10.6. The lowest BCUT2D eigenvalue weighted by molar-refractivity contribution is 0.637. The molecular weight excluding hydrogens is 232 g/mol. The number of hydrazine groups is 1. The van der Waals surface area contributed by atoms with E-state index in [1.54, 1.807) is 11.3 Å². The number of rotatable bonds is 3. The molecule has 0 amide bonds. The molecular formula is C12H18N4S. The molecule has 0 saturated carbocycles. The first kappa shape index (κ1) is 12.3. The summed E-state index contributed by atoms with van der Waals surface area (Å²) in [5.74, 6) is 5.71. The zero-order valence-corrected chi connectivity index (χ0v) is 11.4. The summed E-state index contributed by atoms with van der Waals surface area (Å²) < 4.78 is 1.90. The molecule has 2 aromatic heterocycles. The first-order valence-corrected chi connectivity index (χ1v) is 6.38. The van der Waals surface area contributed by atoms with Crippen LogP contribution in [0.2, 0.25) is 0 Å². The van der Waals surface area contributed by atoms with Gasteiger partial charge >= 0.3 is 0 Å². The van der Waals surface area contributed by atoms with Gasteiger partial charge in [-0.15, -0.1) is 11.3 Å². The molecule has 1 atom stereocenters. The maximum Gasteiger partial charge on any atom is 0.0838 e. The van der Waals surface area contributed by atoms with Gasteiger partial charge in [0.2, 0.25) is 0 Å². The van der Waals surface area contributed by atoms with E-state index in [1.807, 2.05) is 18.7 Å². The minimum absolute atomic E-state index is 0.0300. The molecule has 0 radical (unpaired) electrons. The van der Waals surface area contributed by atoms with Crippen LogP contribution in [-0.4, -0.2) is 9.78 Å². The molecule has 0 fully saturated rings. The highest BCUT2D eigenvalue weighted by atomic mass is 32.1. The monoisotopic (exact) mass is 250 g/mol. The number of aryl methyl sites for hydroxylation is 3. The summed E-state index contributed by atoms with van der Waals surface area (Å²) in [5, 5.41) is 4.44. The van der Waals surface area contributed by atoms with Crippen molar-refractivity contribution in [1.29, 1.82) is 0 Å². The van der Waals surface area contributed by atoms with Crippen LogP contribution in [-0.2, 0) is 7.05 Å². The number of nitrogens with one attached hydrogen (secondary N) is 1. The molecule has 3 N–H and O–H groups in total. The van der Waals surface area contributed by atoms with Crippen LogP contribution in [0.25, 0.3) is 0 Å². The molecule has 0 bridgehead atoms. The van der Waals surface area contributed by atoms with Gasteiger partial charge in [0.05, 0.1) is 11.7 Å². The van der Waals surface area contributed by atoms with E-state index in [9.17, 15) is 0 Å². The van der Waals surface area contributed by atoms with Gasteiger partial charge in [0.1, 0.15) is 0 Å². The Balaban J connectivity index is 2.49. The molecule has 4 nitrogen and oxygen atoms in total. The number of hydrogen-bond donors (Lipinski definition) is 2. The Kier molecular flexibility index (Phi) is 3.33. The molecule has 0 aliphatic rings. The van der Waals surface area contributed by atoms with Crippen molar-refractivity contribution in [1.82, 2.24) is 15.2 Å². The smallest absolute Gasteiger partial charge is 0.0838 e. The van der Waals surface area contributed by atoms with Crippen LogP contribution < -0.4 is 11.3 Å². The number of nitrogens with zero attached hydrogens (tertiary/aromatic N) is 2. The van der Waals surface area contributed by atoms with Gasteiger partial charge in [0.15, 0.2) is 0 Å². The fourth-order valence-electron chi connectivity index (χ4n) is 2.12. The van der Waals surface area contributed by atoms with Gasteiger partial charge in [0.25, 0.3) is 0 Å². The Labute approximate surface area is 105 Å². The van der Waals surface area contributed by atoms with Gasteiger partial charge < -0.3 is 0 Å². The third kappa shape index (κ3) is 2.13. The van der Waals surface area contributed by atoms with Crippen molar-refractivity contribution < 1.29 is 0 Å². The largest absolute Gasteiger partial charge is 0.272 e. The van der Waals surface area contributed by atoms with E-state index in [0.29, 0.717) is 0 Å². The number of aromatic nitrogens is 2. The summed E-state index contributed by atoms with van der Waals surface area (Å²) in [6.07, 6.45) is 0. The van der Waals surface area contributed by atoms with Crippen molar-refractivity contribution in [2.75, 3.05) is 0 Å². The summed E-state index contributed by atoms with van der Waals surface area (Å²) in [4.78, 5) is 2.52. The van der Waals surface area contributed by atoms with E-state index in [2.05, 4.69) is 36.5 Å². The average Bonchev–Trinajstić information content (AvgIpc) is 2.79. The SMILES string of the molecule is Cc1ccc(C(NN)c2c(C)nn(C)c2C)s1. The minimum Gasteiger partial charge on any atom is -0.272 e. The third-order valence-electron chi connectivity index (χ3n) is 3.07. The summed E-state index contributed by atoms with van der Waals surface area (Å²) in [6, 6.07) is 4.27. The summed E-state index contributed by atoms with van der Waals surface area (Å²) in [7, 11) is 1.96. The van der Waals surface area contributed by atoms with Gasteiger partial charge in [0, 0.05) is 28.1 Å². The van der Waals surface area contributed by atoms with Crippen molar-refractivity contribution in [2.24, 2.45) is 12.9 Å². The first-order valence-electron chi connectivity index (χ1n) is 5.57. The van der Waals surface area contributed by atoms with Gasteiger partial charge in [-0.2, -0.15) is 5.10 Å². The molecule has 0 aromatic carbocycles. The predicted octanol–water partition coefficient (Wildman–Crippen LogP) is 1.96. The van der Waals surface area contributed by atoms with Crippen molar-refractivity contribution in [3.8, 4) is 0 Å². The number of hydrogen-bond acceptors (Lipinski definition) is 4. The first-order chi connectivity index (χ1) is 8.04. The van der Waals surface area contributed by atoms with Gasteiger partial charge in [-0.3, -0.25) is 10.5 Å². The van der Waals surface area contributed by atoms with Gasteiger partial charge in [-0.1, -0.05) is 0 Å². The molecule has 0 aliphatic heterocycles. The maximum absolute atomic E-state index is 5.71. The van der Waals surface area contributed by atoms with Crippen LogP contribution in [0.3, 0.4) is 0 Å². The predicted molar refractivity (Wildman–Crippen MR) is 70.9 cm³/mol. The van der Waals surface area contributed by atoms with Crippen molar-refractivity contribution >= 4 is 11.3 Å². The lowest BCUT2D eigenvalue weighted by Crippen LogP contribution is -2.29. The Bertz CT molecular complexity index is 527. The molecule has 0 spiro atoms. The molecule has 0 saturated heterocycles. The molecule has 2 rings (SSSR count). The fraction of sp³-hybridized carbons (Fsp3) is 0.417. The van der Waals surface area contributed by atoms with Crippen LogP contribution in [0, 0.1) is 20.8 Å². The van der Waals surface area contributed by atoms with Gasteiger partial charge in [-0.25, -0.2) is 5.43 Å². The third-order valence-corrected chi connectivity index (χ3v) is 4.13. The van der Waals surface area contributed by atoms with Crippen LogP contribution >= 0.6 is 11.3 Å². The Morgan fingerprint density at radius 1 is 1.35 bits per heavy atom. The average molecular weight is 250 g/mol. The van der Waals surface area contributed by atoms with Crippen molar-refractivity contribution in [3.05, 3.63) is 38.8 Å². The van der Waals surface area contributed by atoms with Crippen LogP contribution in [0.1, 0.15) is 32.7 Å². The van der Waals surface area contributed by atoms with Gasteiger partial charge in [-0.05, 0) is 32.9 Å². The van der Waals surface area contributed by atoms with Crippen molar-refractivity contribution in [2.45, 2.75) is 26.8 Å². The normalized spacial score (nSPS) is 13.0. The summed E-state index contributed by atoms with van der Waals surface area (Å²) >= 11 is 1.76. The highest BCUT2D eigenvalue weighted by Crippen LogP contribution is 2.31. The fourth-order valence-corrected chi connectivity index (χ4v) is 3.07. The highest BCUT2D eigenvalue weighted by Gasteiger charge is 2.21. The standard InChI is InChI=1S/C12H18N4S/c1-7-5-6-10(17-7)12(14-13)11-8(2)15-16(4)9(11)3/h5-6,12,14H,13H2,1-4H3. The van der Waals surface area contributed by atoms with Crippen LogP contribution in [0.4, 0.5) is 0 Å².